The number of hydrogen-bond donors (Lipinski definition) is 0. The van der Waals surface area contributed by atoms with Crippen molar-refractivity contribution in [3.63, 3.8) is 0 Å². The Labute approximate surface area is 140 Å². The summed E-state index contributed by atoms with van der Waals surface area (Å²) < 4.78 is 7.06. The molecule has 24 heavy (non-hydrogen) atoms. The van der Waals surface area contributed by atoms with Crippen LogP contribution in [0.5, 0.6) is 0 Å². The van der Waals surface area contributed by atoms with Crippen LogP contribution in [0.25, 0.3) is 5.65 Å². The number of morpholine rings is 1. The molecule has 2 aliphatic rings. The maximum Gasteiger partial charge on any atom is 0.223 e. The first-order valence-corrected chi connectivity index (χ1v) is 8.63. The van der Waals surface area contributed by atoms with Crippen molar-refractivity contribution in [2.45, 2.75) is 25.7 Å². The van der Waals surface area contributed by atoms with E-state index in [4.69, 9.17) is 4.74 Å². The van der Waals surface area contributed by atoms with E-state index in [-0.39, 0.29) is 5.91 Å². The minimum atomic E-state index is 0.144. The quantitative estimate of drug-likeness (QED) is 0.813. The second-order valence-electron chi connectivity index (χ2n) is 6.27. The van der Waals surface area contributed by atoms with Gasteiger partial charge in [0.15, 0.2) is 11.5 Å². The summed E-state index contributed by atoms with van der Waals surface area (Å²) >= 11 is 0. The molecule has 0 radical (unpaired) electrons. The molecule has 4 heterocycles. The molecule has 128 valence electrons. The Morgan fingerprint density at radius 1 is 1.08 bits per heavy atom. The second kappa shape index (κ2) is 6.72. The lowest BCUT2D eigenvalue weighted by Crippen LogP contribution is -2.40. The van der Waals surface area contributed by atoms with Crippen molar-refractivity contribution >= 4 is 17.4 Å². The van der Waals surface area contributed by atoms with Gasteiger partial charge < -0.3 is 14.5 Å². The average molecular weight is 330 g/mol. The van der Waals surface area contributed by atoms with Gasteiger partial charge in [-0.1, -0.05) is 0 Å². The predicted molar refractivity (Wildman–Crippen MR) is 87.9 cm³/mol. The smallest absolute Gasteiger partial charge is 0.223 e. The lowest BCUT2D eigenvalue weighted by atomic mass is 10.2. The fraction of sp³-hybridized carbons (Fsp3) is 0.625. The fourth-order valence-electron chi connectivity index (χ4n) is 3.28. The number of nitrogens with zero attached hydrogens (tertiary/aromatic N) is 6. The monoisotopic (exact) mass is 330 g/mol. The summed E-state index contributed by atoms with van der Waals surface area (Å²) in [5.74, 6) is 1.85. The first-order chi connectivity index (χ1) is 11.8. The number of rotatable bonds is 4. The number of aryl methyl sites for hydroxylation is 1. The van der Waals surface area contributed by atoms with Gasteiger partial charge in [-0.05, 0) is 25.0 Å². The molecule has 4 rings (SSSR count). The van der Waals surface area contributed by atoms with E-state index >= 15 is 0 Å². The standard InChI is InChI=1S/C16H22N6O2/c23-16(21-9-11-24-12-10-21)6-5-14-18-17-13-3-4-15(19-22(13)14)20-7-1-2-8-20/h3-4H,1-2,5-12H2. The normalized spacial score (nSPS) is 18.5. The summed E-state index contributed by atoms with van der Waals surface area (Å²) in [6, 6.07) is 3.94. The number of ether oxygens (including phenoxy) is 1. The van der Waals surface area contributed by atoms with Gasteiger partial charge in [0.25, 0.3) is 0 Å². The summed E-state index contributed by atoms with van der Waals surface area (Å²) in [5, 5.41) is 13.1. The zero-order valence-electron chi connectivity index (χ0n) is 13.7. The summed E-state index contributed by atoms with van der Waals surface area (Å²) in [6.45, 7) is 4.70. The van der Waals surface area contributed by atoms with E-state index in [0.717, 1.165) is 30.4 Å². The molecule has 0 aromatic carbocycles. The summed E-state index contributed by atoms with van der Waals surface area (Å²) in [4.78, 5) is 16.4. The van der Waals surface area contributed by atoms with Crippen LogP contribution in [0.2, 0.25) is 0 Å². The van der Waals surface area contributed by atoms with Gasteiger partial charge in [0, 0.05) is 39.0 Å². The van der Waals surface area contributed by atoms with E-state index in [0.29, 0.717) is 39.1 Å². The number of carbonyl (C=O) groups excluding carboxylic acids is 1. The molecule has 0 spiro atoms. The molecular formula is C16H22N6O2. The molecule has 0 bridgehead atoms. The summed E-state index contributed by atoms with van der Waals surface area (Å²) in [6.07, 6.45) is 3.40. The topological polar surface area (TPSA) is 75.9 Å². The van der Waals surface area contributed by atoms with Gasteiger partial charge >= 0.3 is 0 Å². The van der Waals surface area contributed by atoms with Crippen molar-refractivity contribution in [2.75, 3.05) is 44.3 Å². The lowest BCUT2D eigenvalue weighted by Gasteiger charge is -2.26. The van der Waals surface area contributed by atoms with Crippen LogP contribution in [0.3, 0.4) is 0 Å². The van der Waals surface area contributed by atoms with Gasteiger partial charge in [-0.25, -0.2) is 0 Å². The molecule has 0 unspecified atom stereocenters. The Morgan fingerprint density at radius 3 is 2.67 bits per heavy atom. The van der Waals surface area contributed by atoms with Crippen molar-refractivity contribution in [3.8, 4) is 0 Å². The molecule has 2 aromatic heterocycles. The molecule has 2 fully saturated rings. The highest BCUT2D eigenvalue weighted by Gasteiger charge is 2.19. The largest absolute Gasteiger partial charge is 0.378 e. The van der Waals surface area contributed by atoms with Crippen molar-refractivity contribution < 1.29 is 9.53 Å². The predicted octanol–water partition coefficient (Wildman–Crippen LogP) is 0.516. The second-order valence-corrected chi connectivity index (χ2v) is 6.27. The third kappa shape index (κ3) is 3.06. The molecular weight excluding hydrogens is 308 g/mol. The first-order valence-electron chi connectivity index (χ1n) is 8.63. The maximum atomic E-state index is 12.3. The Hall–Kier alpha value is -2.22. The van der Waals surface area contributed by atoms with Crippen molar-refractivity contribution in [3.05, 3.63) is 18.0 Å². The van der Waals surface area contributed by atoms with E-state index < -0.39 is 0 Å². The van der Waals surface area contributed by atoms with Crippen LogP contribution < -0.4 is 4.90 Å². The molecule has 8 heteroatoms. The Bertz CT molecular complexity index is 718. The molecule has 2 aromatic rings. The van der Waals surface area contributed by atoms with Gasteiger partial charge in [-0.3, -0.25) is 4.79 Å². The Morgan fingerprint density at radius 2 is 1.88 bits per heavy atom. The van der Waals surface area contributed by atoms with Crippen LogP contribution in [0.4, 0.5) is 5.82 Å². The van der Waals surface area contributed by atoms with Crippen molar-refractivity contribution in [1.29, 1.82) is 0 Å². The molecule has 0 N–H and O–H groups in total. The van der Waals surface area contributed by atoms with Crippen LogP contribution in [0, 0.1) is 0 Å². The summed E-state index contributed by atoms with van der Waals surface area (Å²) in [5.41, 5.74) is 0.728. The average Bonchev–Trinajstić information content (AvgIpc) is 3.30. The van der Waals surface area contributed by atoms with Crippen LogP contribution in [0.15, 0.2) is 12.1 Å². The zero-order chi connectivity index (χ0) is 16.4. The van der Waals surface area contributed by atoms with Gasteiger partial charge in [0.2, 0.25) is 5.91 Å². The molecule has 0 aliphatic carbocycles. The highest BCUT2D eigenvalue weighted by Crippen LogP contribution is 2.18. The van der Waals surface area contributed by atoms with Crippen molar-refractivity contribution in [2.24, 2.45) is 0 Å². The molecule has 2 saturated heterocycles. The highest BCUT2D eigenvalue weighted by atomic mass is 16.5. The van der Waals surface area contributed by atoms with Crippen LogP contribution in [-0.2, 0) is 16.0 Å². The third-order valence-electron chi connectivity index (χ3n) is 4.67. The minimum Gasteiger partial charge on any atom is -0.378 e. The van der Waals surface area contributed by atoms with Crippen LogP contribution in [0.1, 0.15) is 25.1 Å². The van der Waals surface area contributed by atoms with Gasteiger partial charge in [-0.15, -0.1) is 15.3 Å². The van der Waals surface area contributed by atoms with E-state index in [9.17, 15) is 4.79 Å². The summed E-state index contributed by atoms with van der Waals surface area (Å²) in [7, 11) is 0. The molecule has 0 saturated carbocycles. The van der Waals surface area contributed by atoms with Crippen molar-refractivity contribution in [1.82, 2.24) is 24.7 Å². The van der Waals surface area contributed by atoms with Crippen LogP contribution in [-0.4, -0.2) is 70.0 Å². The third-order valence-corrected chi connectivity index (χ3v) is 4.67. The SMILES string of the molecule is O=C(CCc1nnc2ccc(N3CCCC3)nn12)N1CCOCC1. The zero-order valence-corrected chi connectivity index (χ0v) is 13.7. The lowest BCUT2D eigenvalue weighted by molar-refractivity contribution is -0.135. The Balaban J connectivity index is 1.47. The van der Waals surface area contributed by atoms with E-state index in [1.807, 2.05) is 17.0 Å². The Kier molecular flexibility index (Phi) is 4.29. The molecule has 8 nitrogen and oxygen atoms in total. The van der Waals surface area contributed by atoms with E-state index in [1.54, 1.807) is 4.52 Å². The minimum absolute atomic E-state index is 0.144. The number of hydrogen-bond acceptors (Lipinski definition) is 6. The van der Waals surface area contributed by atoms with Gasteiger partial charge in [-0.2, -0.15) is 4.52 Å². The number of anilines is 1. The maximum absolute atomic E-state index is 12.3. The van der Waals surface area contributed by atoms with E-state index in [2.05, 4.69) is 20.2 Å². The van der Waals surface area contributed by atoms with Crippen LogP contribution >= 0.6 is 0 Å². The molecule has 0 atom stereocenters. The highest BCUT2D eigenvalue weighted by molar-refractivity contribution is 5.76. The molecule has 1 amide bonds. The fourth-order valence-corrected chi connectivity index (χ4v) is 3.28. The molecule has 2 aliphatic heterocycles. The number of amides is 1. The van der Waals surface area contributed by atoms with Gasteiger partial charge in [0.1, 0.15) is 5.82 Å². The van der Waals surface area contributed by atoms with E-state index in [1.165, 1.54) is 12.8 Å². The number of aromatic nitrogens is 4. The first kappa shape index (κ1) is 15.3. The number of fused-ring (bicyclic) bond motifs is 1. The van der Waals surface area contributed by atoms with Gasteiger partial charge in [0.05, 0.1) is 13.2 Å². The number of carbonyl (C=O) groups is 1.